The van der Waals surface area contributed by atoms with Crippen molar-refractivity contribution < 1.29 is 9.84 Å². The second-order valence-electron chi connectivity index (χ2n) is 5.56. The predicted molar refractivity (Wildman–Crippen MR) is 88.5 cm³/mol. The van der Waals surface area contributed by atoms with Gasteiger partial charge >= 0.3 is 0 Å². The molecule has 124 valence electrons. The van der Waals surface area contributed by atoms with E-state index in [0.717, 1.165) is 31.4 Å². The summed E-state index contributed by atoms with van der Waals surface area (Å²) < 4.78 is 7.63. The normalized spacial score (nSPS) is 19.3. The predicted octanol–water partition coefficient (Wildman–Crippen LogP) is 2.53. The maximum absolute atomic E-state index is 9.02. The van der Waals surface area contributed by atoms with Gasteiger partial charge in [0.15, 0.2) is 17.0 Å². The molecule has 0 aromatic carbocycles. The quantitative estimate of drug-likeness (QED) is 0.644. The number of nitrogens with zero attached hydrogens (tertiary/aromatic N) is 4. The Morgan fingerprint density at radius 2 is 2.39 bits per heavy atom. The number of rotatable bonds is 5. The van der Waals surface area contributed by atoms with Crippen molar-refractivity contribution >= 4 is 28.6 Å². The topological polar surface area (TPSA) is 85.1 Å². The fourth-order valence-corrected chi connectivity index (χ4v) is 2.85. The molecule has 2 aromatic heterocycles. The highest BCUT2D eigenvalue weighted by atomic mass is 35.5. The van der Waals surface area contributed by atoms with Crippen LogP contribution in [0.15, 0.2) is 18.0 Å². The van der Waals surface area contributed by atoms with E-state index in [4.69, 9.17) is 21.4 Å². The van der Waals surface area contributed by atoms with E-state index in [-0.39, 0.29) is 12.8 Å². The molecule has 0 saturated carbocycles. The van der Waals surface area contributed by atoms with Gasteiger partial charge in [-0.05, 0) is 37.8 Å². The van der Waals surface area contributed by atoms with Crippen LogP contribution >= 0.6 is 11.6 Å². The first-order valence-electron chi connectivity index (χ1n) is 7.71. The smallest absolute Gasteiger partial charge is 0.207 e. The molecule has 2 N–H and O–H groups in total. The van der Waals surface area contributed by atoms with E-state index in [0.29, 0.717) is 28.8 Å². The van der Waals surface area contributed by atoms with E-state index in [1.54, 1.807) is 0 Å². The highest BCUT2D eigenvalue weighted by molar-refractivity contribution is 6.29. The number of halogens is 1. The molecule has 0 amide bonds. The summed E-state index contributed by atoms with van der Waals surface area (Å²) in [5, 5.41) is 12.6. The van der Waals surface area contributed by atoms with Gasteiger partial charge in [-0.2, -0.15) is 0 Å². The lowest BCUT2D eigenvalue weighted by Gasteiger charge is -2.24. The number of aliphatic hydroxyl groups is 1. The van der Waals surface area contributed by atoms with E-state index in [2.05, 4.69) is 20.3 Å². The third-order valence-electron chi connectivity index (χ3n) is 3.85. The average Bonchev–Trinajstić information content (AvgIpc) is 2.92. The Morgan fingerprint density at radius 3 is 3.13 bits per heavy atom. The largest absolute Gasteiger partial charge is 0.392 e. The van der Waals surface area contributed by atoms with Crippen molar-refractivity contribution in [1.82, 2.24) is 19.5 Å². The lowest BCUT2D eigenvalue weighted by atomic mass is 10.2. The Balaban J connectivity index is 1.89. The van der Waals surface area contributed by atoms with Gasteiger partial charge in [-0.15, -0.1) is 0 Å². The van der Waals surface area contributed by atoms with Gasteiger partial charge in [0.1, 0.15) is 12.6 Å². The fourth-order valence-electron chi connectivity index (χ4n) is 2.58. The van der Waals surface area contributed by atoms with Crippen LogP contribution in [0.4, 0.5) is 5.82 Å². The molecule has 0 aliphatic carbocycles. The molecule has 0 radical (unpaired) electrons. The maximum atomic E-state index is 9.02. The Morgan fingerprint density at radius 1 is 1.52 bits per heavy atom. The van der Waals surface area contributed by atoms with Gasteiger partial charge in [0.05, 0.1) is 6.61 Å². The van der Waals surface area contributed by atoms with Crippen LogP contribution in [0.1, 0.15) is 32.4 Å². The summed E-state index contributed by atoms with van der Waals surface area (Å²) >= 11 is 6.31. The first-order valence-corrected chi connectivity index (χ1v) is 8.09. The minimum Gasteiger partial charge on any atom is -0.392 e. The number of fused-ring (bicyclic) bond motifs is 1. The second-order valence-corrected chi connectivity index (χ2v) is 5.89. The summed E-state index contributed by atoms with van der Waals surface area (Å²) in [5.74, 6) is 0.619. The van der Waals surface area contributed by atoms with Gasteiger partial charge in [-0.3, -0.25) is 4.57 Å². The Hall–Kier alpha value is -1.70. The van der Waals surface area contributed by atoms with Crippen molar-refractivity contribution in [2.24, 2.45) is 0 Å². The Kier molecular flexibility index (Phi) is 5.09. The molecule has 3 heterocycles. The molecule has 1 aliphatic rings. The van der Waals surface area contributed by atoms with E-state index in [9.17, 15) is 0 Å². The number of aromatic nitrogens is 4. The van der Waals surface area contributed by atoms with E-state index >= 15 is 0 Å². The summed E-state index contributed by atoms with van der Waals surface area (Å²) in [6.45, 7) is 3.18. The van der Waals surface area contributed by atoms with Crippen LogP contribution in [0.3, 0.4) is 0 Å². The molecule has 0 bridgehead atoms. The van der Waals surface area contributed by atoms with E-state index < -0.39 is 0 Å². The number of aliphatic hydroxyl groups excluding tert-OH is 1. The molecule has 1 fully saturated rings. The van der Waals surface area contributed by atoms with Crippen molar-refractivity contribution in [3.63, 3.8) is 0 Å². The van der Waals surface area contributed by atoms with Gasteiger partial charge in [-0.25, -0.2) is 15.0 Å². The first kappa shape index (κ1) is 16.2. The molecule has 2 aromatic rings. The molecule has 7 nitrogen and oxygen atoms in total. The summed E-state index contributed by atoms with van der Waals surface area (Å²) in [6.07, 6.45) is 6.33. The molecular weight excluding hydrogens is 318 g/mol. The molecular formula is C15H20ClN5O2. The van der Waals surface area contributed by atoms with E-state index in [1.165, 1.54) is 6.33 Å². The van der Waals surface area contributed by atoms with Crippen molar-refractivity contribution in [2.45, 2.75) is 32.4 Å². The molecule has 0 spiro atoms. The van der Waals surface area contributed by atoms with Gasteiger partial charge < -0.3 is 15.2 Å². The zero-order chi connectivity index (χ0) is 16.2. The van der Waals surface area contributed by atoms with Crippen LogP contribution in [0, 0.1) is 0 Å². The van der Waals surface area contributed by atoms with Crippen LogP contribution in [-0.2, 0) is 4.74 Å². The highest BCUT2D eigenvalue weighted by Gasteiger charge is 2.23. The highest BCUT2D eigenvalue weighted by Crippen LogP contribution is 2.31. The van der Waals surface area contributed by atoms with Crippen LogP contribution in [0.2, 0.25) is 5.28 Å². The fraction of sp³-hybridized carbons (Fsp3) is 0.533. The van der Waals surface area contributed by atoms with Crippen LogP contribution < -0.4 is 5.32 Å². The lowest BCUT2D eigenvalue weighted by Crippen LogP contribution is -2.18. The van der Waals surface area contributed by atoms with Crippen molar-refractivity contribution in [3.8, 4) is 0 Å². The van der Waals surface area contributed by atoms with Crippen molar-refractivity contribution in [3.05, 3.63) is 23.3 Å². The molecule has 8 heteroatoms. The molecule has 1 unspecified atom stereocenters. The van der Waals surface area contributed by atoms with Gasteiger partial charge in [0.2, 0.25) is 5.28 Å². The summed E-state index contributed by atoms with van der Waals surface area (Å²) in [6, 6.07) is 0. The second kappa shape index (κ2) is 7.25. The Labute approximate surface area is 139 Å². The zero-order valence-electron chi connectivity index (χ0n) is 13.0. The molecule has 1 saturated heterocycles. The summed E-state index contributed by atoms with van der Waals surface area (Å²) in [7, 11) is 0. The van der Waals surface area contributed by atoms with Crippen molar-refractivity contribution in [2.75, 3.05) is 25.1 Å². The SMILES string of the molecule is C/C(=C\CNc1ncnc2c1nc(Cl)n2C1CCCCO1)CO. The number of anilines is 1. The number of hydrogen-bond donors (Lipinski definition) is 2. The average molecular weight is 338 g/mol. The van der Waals surface area contributed by atoms with Gasteiger partial charge in [0.25, 0.3) is 0 Å². The molecule has 1 atom stereocenters. The van der Waals surface area contributed by atoms with Crippen LogP contribution in [-0.4, -0.2) is 44.4 Å². The molecule has 23 heavy (non-hydrogen) atoms. The number of nitrogens with one attached hydrogen (secondary N) is 1. The monoisotopic (exact) mass is 337 g/mol. The number of ether oxygens (including phenoxy) is 1. The minimum atomic E-state index is -0.125. The van der Waals surface area contributed by atoms with Gasteiger partial charge in [0, 0.05) is 13.2 Å². The number of hydrogen-bond acceptors (Lipinski definition) is 6. The standard InChI is InChI=1S/C15H20ClN5O2/c1-10(8-22)5-6-17-13-12-14(19-9-18-13)21(15(16)20-12)11-4-2-3-7-23-11/h5,9,11,22H,2-4,6-8H2,1H3,(H,17,18,19)/b10-5+. The summed E-state index contributed by atoms with van der Waals surface area (Å²) in [5.41, 5.74) is 2.19. The third-order valence-corrected chi connectivity index (χ3v) is 4.11. The maximum Gasteiger partial charge on any atom is 0.207 e. The third kappa shape index (κ3) is 3.46. The van der Waals surface area contributed by atoms with Gasteiger partial charge in [-0.1, -0.05) is 11.6 Å². The van der Waals surface area contributed by atoms with Crippen LogP contribution in [0.25, 0.3) is 11.2 Å². The van der Waals surface area contributed by atoms with Crippen LogP contribution in [0.5, 0.6) is 0 Å². The van der Waals surface area contributed by atoms with Crippen molar-refractivity contribution in [1.29, 1.82) is 0 Å². The summed E-state index contributed by atoms with van der Waals surface area (Å²) in [4.78, 5) is 13.0. The number of imidazole rings is 1. The zero-order valence-corrected chi connectivity index (χ0v) is 13.8. The minimum absolute atomic E-state index is 0.0420. The lowest BCUT2D eigenvalue weighted by molar-refractivity contribution is -0.0296. The molecule has 3 rings (SSSR count). The Bertz CT molecular complexity index is 709. The first-order chi connectivity index (χ1) is 11.2. The van der Waals surface area contributed by atoms with E-state index in [1.807, 2.05) is 17.6 Å². The molecule has 1 aliphatic heterocycles.